The molecule has 0 saturated carbocycles. The van der Waals surface area contributed by atoms with Gasteiger partial charge in [-0.25, -0.2) is 4.98 Å². The van der Waals surface area contributed by atoms with Gasteiger partial charge in [-0.1, -0.05) is 19.8 Å². The van der Waals surface area contributed by atoms with E-state index >= 15 is 0 Å². The Bertz CT molecular complexity index is 780. The summed E-state index contributed by atoms with van der Waals surface area (Å²) < 4.78 is 1.82. The summed E-state index contributed by atoms with van der Waals surface area (Å²) in [5.41, 5.74) is 1.21. The Morgan fingerprint density at radius 2 is 2.09 bits per heavy atom. The van der Waals surface area contributed by atoms with Crippen molar-refractivity contribution in [3.8, 4) is 0 Å². The summed E-state index contributed by atoms with van der Waals surface area (Å²) in [6.07, 6.45) is 6.17. The first-order valence-electron chi connectivity index (χ1n) is 8.52. The molecule has 0 atom stereocenters. The number of aromatic nitrogens is 2. The zero-order chi connectivity index (χ0) is 16.2. The summed E-state index contributed by atoms with van der Waals surface area (Å²) in [7, 11) is 0. The van der Waals surface area contributed by atoms with Crippen molar-refractivity contribution in [2.24, 2.45) is 0 Å². The largest absolute Gasteiger partial charge is 0.352 e. The molecule has 2 heterocycles. The normalized spacial score (nSPS) is 14.8. The summed E-state index contributed by atoms with van der Waals surface area (Å²) >= 11 is 0. The van der Waals surface area contributed by atoms with E-state index in [0.29, 0.717) is 23.0 Å². The van der Waals surface area contributed by atoms with E-state index < -0.39 is 0 Å². The average Bonchev–Trinajstić information content (AvgIpc) is 2.54. The van der Waals surface area contributed by atoms with E-state index in [1.165, 1.54) is 12.8 Å². The Labute approximate surface area is 135 Å². The number of benzene rings is 1. The van der Waals surface area contributed by atoms with Crippen molar-refractivity contribution >= 4 is 16.8 Å². The van der Waals surface area contributed by atoms with E-state index in [0.717, 1.165) is 38.1 Å². The number of fused-ring (bicyclic) bond motifs is 2. The average molecular weight is 313 g/mol. The number of carbonyl (C=O) groups is 1. The molecule has 1 aliphatic heterocycles. The van der Waals surface area contributed by atoms with Gasteiger partial charge in [0.1, 0.15) is 5.82 Å². The van der Waals surface area contributed by atoms with E-state index in [1.54, 1.807) is 18.2 Å². The topological polar surface area (TPSA) is 64.0 Å². The molecule has 2 aromatic rings. The fourth-order valence-corrected chi connectivity index (χ4v) is 3.08. The molecule has 5 heteroatoms. The van der Waals surface area contributed by atoms with E-state index in [1.807, 2.05) is 11.5 Å². The molecule has 0 unspecified atom stereocenters. The maximum absolute atomic E-state index is 12.7. The molecule has 0 aliphatic carbocycles. The molecule has 23 heavy (non-hydrogen) atoms. The maximum atomic E-state index is 12.7. The van der Waals surface area contributed by atoms with Gasteiger partial charge in [-0.15, -0.1) is 0 Å². The molecule has 3 rings (SSSR count). The minimum Gasteiger partial charge on any atom is -0.352 e. The Morgan fingerprint density at radius 1 is 1.26 bits per heavy atom. The van der Waals surface area contributed by atoms with Crippen LogP contribution in [0.25, 0.3) is 10.9 Å². The number of nitrogens with zero attached hydrogens (tertiary/aromatic N) is 2. The number of aryl methyl sites for hydroxylation is 1. The molecular weight excluding hydrogens is 290 g/mol. The number of hydrogen-bond donors (Lipinski definition) is 1. The Morgan fingerprint density at radius 3 is 2.91 bits per heavy atom. The zero-order valence-corrected chi connectivity index (χ0v) is 13.6. The lowest BCUT2D eigenvalue weighted by atomic mass is 10.1. The Kier molecular flexibility index (Phi) is 4.74. The molecule has 0 spiro atoms. The van der Waals surface area contributed by atoms with Crippen LogP contribution in [0.4, 0.5) is 0 Å². The second-order valence-electron chi connectivity index (χ2n) is 6.14. The molecule has 1 aliphatic rings. The molecule has 0 saturated heterocycles. The van der Waals surface area contributed by atoms with E-state index in [-0.39, 0.29) is 11.5 Å². The van der Waals surface area contributed by atoms with Crippen LogP contribution in [-0.4, -0.2) is 22.0 Å². The highest BCUT2D eigenvalue weighted by molar-refractivity contribution is 5.97. The van der Waals surface area contributed by atoms with Crippen LogP contribution in [-0.2, 0) is 13.0 Å². The van der Waals surface area contributed by atoms with Gasteiger partial charge < -0.3 is 5.32 Å². The van der Waals surface area contributed by atoms with E-state index in [2.05, 4.69) is 10.3 Å². The summed E-state index contributed by atoms with van der Waals surface area (Å²) in [6.45, 7) is 3.41. The molecule has 1 aromatic heterocycles. The van der Waals surface area contributed by atoms with Crippen LogP contribution in [0.2, 0.25) is 0 Å². The zero-order valence-electron chi connectivity index (χ0n) is 13.6. The van der Waals surface area contributed by atoms with Gasteiger partial charge >= 0.3 is 0 Å². The van der Waals surface area contributed by atoms with Crippen molar-refractivity contribution in [1.82, 2.24) is 14.9 Å². The number of rotatable bonds is 3. The monoisotopic (exact) mass is 313 g/mol. The minimum absolute atomic E-state index is 0.0208. The third-order valence-electron chi connectivity index (χ3n) is 4.36. The van der Waals surface area contributed by atoms with Crippen LogP contribution in [0.3, 0.4) is 0 Å². The molecule has 1 aromatic carbocycles. The van der Waals surface area contributed by atoms with Crippen molar-refractivity contribution in [2.45, 2.75) is 52.0 Å². The van der Waals surface area contributed by atoms with Gasteiger partial charge in [0.2, 0.25) is 0 Å². The lowest BCUT2D eigenvalue weighted by molar-refractivity contribution is 0.0954. The number of nitrogens with one attached hydrogen (secondary N) is 1. The third-order valence-corrected chi connectivity index (χ3v) is 4.36. The molecule has 0 radical (unpaired) electrons. The van der Waals surface area contributed by atoms with Gasteiger partial charge in [0.05, 0.1) is 10.9 Å². The molecular formula is C18H23N3O2. The van der Waals surface area contributed by atoms with Crippen LogP contribution in [0.15, 0.2) is 23.0 Å². The van der Waals surface area contributed by atoms with E-state index in [4.69, 9.17) is 0 Å². The van der Waals surface area contributed by atoms with Crippen LogP contribution in [0, 0.1) is 0 Å². The van der Waals surface area contributed by atoms with Crippen LogP contribution < -0.4 is 10.9 Å². The highest BCUT2D eigenvalue weighted by Gasteiger charge is 2.14. The van der Waals surface area contributed by atoms with Crippen LogP contribution in [0.5, 0.6) is 0 Å². The first kappa shape index (κ1) is 15.7. The quantitative estimate of drug-likeness (QED) is 0.947. The summed E-state index contributed by atoms with van der Waals surface area (Å²) in [5.74, 6) is 0.746. The van der Waals surface area contributed by atoms with Crippen LogP contribution >= 0.6 is 0 Å². The van der Waals surface area contributed by atoms with E-state index in [9.17, 15) is 9.59 Å². The fourth-order valence-electron chi connectivity index (χ4n) is 3.08. The standard InChI is InChI=1S/C18H23N3O2/c1-2-10-19-17(22)13-8-9-14-15(12-13)20-16-7-5-3-4-6-11-21(16)18(14)23/h8-9,12H,2-7,10-11H2,1H3,(H,19,22). The second-order valence-corrected chi connectivity index (χ2v) is 6.14. The number of carbonyl (C=O) groups excluding carboxylic acids is 1. The van der Waals surface area contributed by atoms with Crippen LogP contribution in [0.1, 0.15) is 55.2 Å². The minimum atomic E-state index is -0.109. The molecule has 1 amide bonds. The van der Waals surface area contributed by atoms with Gasteiger partial charge in [-0.2, -0.15) is 0 Å². The SMILES string of the molecule is CCCNC(=O)c1ccc2c(=O)n3c(nc2c1)CCCCCC3. The first-order chi connectivity index (χ1) is 11.2. The molecule has 5 nitrogen and oxygen atoms in total. The molecule has 122 valence electrons. The first-order valence-corrected chi connectivity index (χ1v) is 8.52. The van der Waals surface area contributed by atoms with Crippen molar-refractivity contribution < 1.29 is 4.79 Å². The van der Waals surface area contributed by atoms with Crippen molar-refractivity contribution in [3.05, 3.63) is 39.9 Å². The summed E-state index contributed by atoms with van der Waals surface area (Å²) in [6, 6.07) is 5.19. The lowest BCUT2D eigenvalue weighted by Gasteiger charge is -2.16. The number of amides is 1. The number of hydrogen-bond acceptors (Lipinski definition) is 3. The summed E-state index contributed by atoms with van der Waals surface area (Å²) in [5, 5.41) is 3.46. The van der Waals surface area contributed by atoms with Gasteiger partial charge in [0.25, 0.3) is 11.5 Å². The second kappa shape index (κ2) is 6.94. The fraction of sp³-hybridized carbons (Fsp3) is 0.500. The van der Waals surface area contributed by atoms with Crippen molar-refractivity contribution in [3.63, 3.8) is 0 Å². The van der Waals surface area contributed by atoms with Gasteiger partial charge in [0.15, 0.2) is 0 Å². The van der Waals surface area contributed by atoms with Gasteiger partial charge in [-0.3, -0.25) is 14.2 Å². The smallest absolute Gasteiger partial charge is 0.261 e. The molecule has 0 fully saturated rings. The van der Waals surface area contributed by atoms with Gasteiger partial charge in [0, 0.05) is 25.1 Å². The predicted molar refractivity (Wildman–Crippen MR) is 90.8 cm³/mol. The van der Waals surface area contributed by atoms with Crippen molar-refractivity contribution in [1.29, 1.82) is 0 Å². The third kappa shape index (κ3) is 3.28. The predicted octanol–water partition coefficient (Wildman–Crippen LogP) is 2.65. The Hall–Kier alpha value is -2.17. The van der Waals surface area contributed by atoms with Crippen molar-refractivity contribution in [2.75, 3.05) is 6.54 Å². The molecule has 1 N–H and O–H groups in total. The molecule has 0 bridgehead atoms. The van der Waals surface area contributed by atoms with Gasteiger partial charge in [-0.05, 0) is 37.5 Å². The highest BCUT2D eigenvalue weighted by atomic mass is 16.1. The highest BCUT2D eigenvalue weighted by Crippen LogP contribution is 2.16. The maximum Gasteiger partial charge on any atom is 0.261 e. The summed E-state index contributed by atoms with van der Waals surface area (Å²) in [4.78, 5) is 29.5. The Balaban J connectivity index is 2.04. The lowest BCUT2D eigenvalue weighted by Crippen LogP contribution is -2.27.